The van der Waals surface area contributed by atoms with E-state index in [1.807, 2.05) is 18.2 Å². The highest BCUT2D eigenvalue weighted by molar-refractivity contribution is 14.1. The van der Waals surface area contributed by atoms with Crippen molar-refractivity contribution in [1.29, 1.82) is 0 Å². The van der Waals surface area contributed by atoms with E-state index in [9.17, 15) is 4.79 Å². The molecule has 0 bridgehead atoms. The van der Waals surface area contributed by atoms with Crippen LogP contribution in [0.15, 0.2) is 30.3 Å². The van der Waals surface area contributed by atoms with Crippen molar-refractivity contribution in [3.8, 4) is 0 Å². The van der Waals surface area contributed by atoms with Gasteiger partial charge >= 0.3 is 0 Å². The van der Waals surface area contributed by atoms with Crippen molar-refractivity contribution in [2.75, 3.05) is 0 Å². The number of carbonyl (C=O) groups is 1. The summed E-state index contributed by atoms with van der Waals surface area (Å²) in [7, 11) is 0. The fourth-order valence-electron chi connectivity index (χ4n) is 0.569. The third-order valence-corrected chi connectivity index (χ3v) is 1.62. The van der Waals surface area contributed by atoms with Crippen LogP contribution in [0, 0.1) is 0 Å². The largest absolute Gasteiger partial charge is 0.282 e. The van der Waals surface area contributed by atoms with Crippen LogP contribution in [0.4, 0.5) is 0 Å². The molecule has 1 rings (SSSR count). The molecule has 11 heavy (non-hydrogen) atoms. The highest BCUT2D eigenvalue weighted by Crippen LogP contribution is 2.03. The molecule has 0 radical (unpaired) electrons. The van der Waals surface area contributed by atoms with Crippen molar-refractivity contribution in [2.45, 2.75) is 0 Å². The molecule has 62 valence electrons. The first-order valence-corrected chi connectivity index (χ1v) is 3.63. The van der Waals surface area contributed by atoms with Crippen LogP contribution in [0.25, 0.3) is 0 Å². The lowest BCUT2D eigenvalue weighted by atomic mass is 10.2. The van der Waals surface area contributed by atoms with Crippen molar-refractivity contribution in [1.82, 2.24) is 0 Å². The van der Waals surface area contributed by atoms with Gasteiger partial charge in [-0.05, 0) is 0 Å². The summed E-state index contributed by atoms with van der Waals surface area (Å²) in [6.45, 7) is 0. The third-order valence-electron chi connectivity index (χ3n) is 1.00. The van der Waals surface area contributed by atoms with E-state index in [0.717, 1.165) is 5.56 Å². The van der Waals surface area contributed by atoms with Crippen LogP contribution in [0.3, 0.4) is 0 Å². The average molecular weight is 488 g/mol. The average Bonchev–Trinajstić information content (AvgIpc) is 1.90. The third kappa shape index (κ3) is 5.34. The summed E-state index contributed by atoms with van der Waals surface area (Å²) in [6.07, 6.45) is 0. The van der Waals surface area contributed by atoms with E-state index in [4.69, 9.17) is 0 Å². The van der Waals surface area contributed by atoms with E-state index in [0.29, 0.717) is 0 Å². The van der Waals surface area contributed by atoms with Crippen LogP contribution >= 0.6 is 70.5 Å². The van der Waals surface area contributed by atoms with Crippen molar-refractivity contribution < 1.29 is 4.79 Å². The van der Waals surface area contributed by atoms with Crippen molar-refractivity contribution in [2.24, 2.45) is 0 Å². The van der Waals surface area contributed by atoms with Crippen molar-refractivity contribution >= 4 is 74.3 Å². The topological polar surface area (TPSA) is 17.1 Å². The van der Waals surface area contributed by atoms with E-state index >= 15 is 0 Å². The maximum absolute atomic E-state index is 10.6. The Balaban J connectivity index is 0. The van der Waals surface area contributed by atoms with Crippen LogP contribution in [-0.2, 0) is 0 Å². The van der Waals surface area contributed by atoms with Crippen LogP contribution in [0.2, 0.25) is 0 Å². The molecule has 1 aromatic carbocycles. The van der Waals surface area contributed by atoms with E-state index in [1.54, 1.807) is 34.7 Å². The van der Waals surface area contributed by atoms with Crippen molar-refractivity contribution in [3.05, 3.63) is 35.9 Å². The Kier molecular flexibility index (Phi) is 10.2. The zero-order valence-corrected chi connectivity index (χ0v) is 12.3. The monoisotopic (exact) mass is 488 g/mol. The van der Waals surface area contributed by atoms with Gasteiger partial charge in [0.25, 0.3) is 0 Å². The SMILES string of the molecule is I.I.O=C(I)c1ccccc1. The number of benzene rings is 1. The first kappa shape index (κ1) is 14.6. The molecule has 1 nitrogen and oxygen atoms in total. The number of hydrogen-bond acceptors (Lipinski definition) is 1. The van der Waals surface area contributed by atoms with Gasteiger partial charge in [-0.15, -0.1) is 48.0 Å². The van der Waals surface area contributed by atoms with Crippen LogP contribution < -0.4 is 0 Å². The van der Waals surface area contributed by atoms with Gasteiger partial charge < -0.3 is 0 Å². The molecule has 0 saturated carbocycles. The number of carbonyl (C=O) groups excluding carboxylic acids is 1. The fraction of sp³-hybridized carbons (Fsp3) is 0. The number of hydrogen-bond donors (Lipinski definition) is 0. The van der Waals surface area contributed by atoms with Gasteiger partial charge in [0.1, 0.15) is 0 Å². The molecule has 0 saturated heterocycles. The molecule has 0 atom stereocenters. The molecular formula is C7H7I3O. The van der Waals surface area contributed by atoms with E-state index in [-0.39, 0.29) is 51.7 Å². The lowest BCUT2D eigenvalue weighted by molar-refractivity contribution is 0.110. The quantitative estimate of drug-likeness (QED) is 0.438. The summed E-state index contributed by atoms with van der Waals surface area (Å²) in [6, 6.07) is 9.20. The lowest BCUT2D eigenvalue weighted by Crippen LogP contribution is -1.83. The van der Waals surface area contributed by atoms with Gasteiger partial charge in [0.05, 0.1) is 0 Å². The van der Waals surface area contributed by atoms with Gasteiger partial charge in [0, 0.05) is 28.2 Å². The normalized spacial score (nSPS) is 7.36. The summed E-state index contributed by atoms with van der Waals surface area (Å²) >= 11 is 1.77. The lowest BCUT2D eigenvalue weighted by Gasteiger charge is -1.87. The van der Waals surface area contributed by atoms with Gasteiger partial charge in [-0.1, -0.05) is 30.3 Å². The molecular weight excluding hydrogens is 481 g/mol. The predicted molar refractivity (Wildman–Crippen MR) is 75.6 cm³/mol. The molecule has 0 spiro atoms. The highest BCUT2D eigenvalue weighted by Gasteiger charge is 1.95. The molecule has 0 heterocycles. The molecule has 0 aliphatic heterocycles. The molecule has 0 fully saturated rings. The Bertz CT molecular complexity index is 210. The summed E-state index contributed by atoms with van der Waals surface area (Å²) in [5.41, 5.74) is 0.762. The van der Waals surface area contributed by atoms with Gasteiger partial charge in [-0.2, -0.15) is 0 Å². The van der Waals surface area contributed by atoms with Crippen LogP contribution in [-0.4, -0.2) is 3.79 Å². The molecule has 4 heteroatoms. The van der Waals surface area contributed by atoms with Gasteiger partial charge in [0.15, 0.2) is 0 Å². The molecule has 0 amide bonds. The number of rotatable bonds is 1. The summed E-state index contributed by atoms with van der Waals surface area (Å²) in [5.74, 6) is 0. The van der Waals surface area contributed by atoms with Gasteiger partial charge in [-0.25, -0.2) is 0 Å². The molecule has 1 aromatic rings. The van der Waals surface area contributed by atoms with E-state index < -0.39 is 0 Å². The first-order chi connectivity index (χ1) is 4.30. The zero-order valence-electron chi connectivity index (χ0n) is 5.49. The maximum atomic E-state index is 10.6. The fourth-order valence-corrected chi connectivity index (χ4v) is 0.929. The molecule has 0 aromatic heterocycles. The molecule has 0 aliphatic rings. The molecule has 0 aliphatic carbocycles. The Morgan fingerprint density at radius 1 is 1.09 bits per heavy atom. The molecule has 0 unspecified atom stereocenters. The van der Waals surface area contributed by atoms with E-state index in [1.165, 1.54) is 0 Å². The number of halogens is 3. The highest BCUT2D eigenvalue weighted by atomic mass is 127. The second-order valence-corrected chi connectivity index (χ2v) is 2.62. The standard InChI is InChI=1S/C7H5IO.2HI/c8-7(9)6-4-2-1-3-5-6;;/h1-5H;2*1H. The smallest absolute Gasteiger partial charge is 0.222 e. The Morgan fingerprint density at radius 3 is 1.82 bits per heavy atom. The van der Waals surface area contributed by atoms with Gasteiger partial charge in [0.2, 0.25) is 3.79 Å². The Hall–Kier alpha value is 1.08. The Labute approximate surface area is 114 Å². The minimum atomic E-state index is 0. The van der Waals surface area contributed by atoms with Crippen LogP contribution in [0.1, 0.15) is 10.4 Å². The maximum Gasteiger partial charge on any atom is 0.222 e. The second-order valence-electron chi connectivity index (χ2n) is 1.64. The summed E-state index contributed by atoms with van der Waals surface area (Å²) < 4.78 is 0.0909. The second kappa shape index (κ2) is 7.71. The Morgan fingerprint density at radius 2 is 1.55 bits per heavy atom. The minimum Gasteiger partial charge on any atom is -0.282 e. The van der Waals surface area contributed by atoms with Gasteiger partial charge in [-0.3, -0.25) is 4.79 Å². The van der Waals surface area contributed by atoms with E-state index in [2.05, 4.69) is 0 Å². The minimum absolute atomic E-state index is 0. The van der Waals surface area contributed by atoms with Crippen molar-refractivity contribution in [3.63, 3.8) is 0 Å². The molecule has 0 N–H and O–H groups in total. The zero-order chi connectivity index (χ0) is 6.69. The van der Waals surface area contributed by atoms with Crippen LogP contribution in [0.5, 0.6) is 0 Å². The first-order valence-electron chi connectivity index (χ1n) is 2.55. The predicted octanol–water partition coefficient (Wildman–Crippen LogP) is 3.50. The summed E-state index contributed by atoms with van der Waals surface area (Å²) in [4.78, 5) is 10.6. The summed E-state index contributed by atoms with van der Waals surface area (Å²) in [5, 5.41) is 0.